The van der Waals surface area contributed by atoms with Crippen LogP contribution in [-0.4, -0.2) is 11.7 Å². The van der Waals surface area contributed by atoms with Gasteiger partial charge in [-0.1, -0.05) is 12.1 Å². The van der Waals surface area contributed by atoms with Crippen LogP contribution in [0, 0.1) is 13.8 Å². The molecule has 0 bridgehead atoms. The maximum atomic E-state index is 12.0. The number of rotatable bonds is 4. The summed E-state index contributed by atoms with van der Waals surface area (Å²) in [6.07, 6.45) is -0.745. The molecule has 102 valence electrons. The summed E-state index contributed by atoms with van der Waals surface area (Å²) in [7, 11) is 0. The van der Waals surface area contributed by atoms with Gasteiger partial charge in [-0.05, 0) is 43.2 Å². The van der Waals surface area contributed by atoms with Crippen LogP contribution in [0.15, 0.2) is 30.3 Å². The molecule has 0 spiro atoms. The second-order valence-electron chi connectivity index (χ2n) is 4.22. The van der Waals surface area contributed by atoms with Crippen molar-refractivity contribution in [1.82, 2.24) is 0 Å². The quantitative estimate of drug-likeness (QED) is 0.918. The number of aryl methyl sites for hydroxylation is 2. The van der Waals surface area contributed by atoms with E-state index in [1.165, 1.54) is 12.1 Å². The van der Waals surface area contributed by atoms with E-state index >= 15 is 0 Å². The van der Waals surface area contributed by atoms with Crippen molar-refractivity contribution in [2.24, 2.45) is 0 Å². The number of aliphatic hydroxyl groups is 1. The third-order valence-electron chi connectivity index (χ3n) is 2.79. The van der Waals surface area contributed by atoms with Gasteiger partial charge in [0.2, 0.25) is 0 Å². The summed E-state index contributed by atoms with van der Waals surface area (Å²) in [6.45, 7) is 1.09. The summed E-state index contributed by atoms with van der Waals surface area (Å²) in [4.78, 5) is 2.18. The van der Waals surface area contributed by atoms with Gasteiger partial charge in [-0.2, -0.15) is 8.78 Å². The van der Waals surface area contributed by atoms with Gasteiger partial charge < -0.3 is 9.84 Å². The molecule has 0 aliphatic carbocycles. The molecule has 2 aromatic rings. The molecule has 0 saturated heterocycles. The number of aliphatic hydroxyl groups excluding tert-OH is 1. The van der Waals surface area contributed by atoms with E-state index in [4.69, 9.17) is 0 Å². The van der Waals surface area contributed by atoms with Crippen molar-refractivity contribution in [3.05, 3.63) is 51.2 Å². The van der Waals surface area contributed by atoms with Crippen molar-refractivity contribution < 1.29 is 18.6 Å². The molecule has 1 atom stereocenters. The van der Waals surface area contributed by atoms with Crippen molar-refractivity contribution in [3.63, 3.8) is 0 Å². The molecule has 0 saturated carbocycles. The average molecular weight is 284 g/mol. The third kappa shape index (κ3) is 3.30. The second kappa shape index (κ2) is 5.67. The van der Waals surface area contributed by atoms with Gasteiger partial charge in [-0.25, -0.2) is 0 Å². The van der Waals surface area contributed by atoms with Gasteiger partial charge in [0.05, 0.1) is 0 Å². The normalized spacial score (nSPS) is 12.7. The Labute approximate surface area is 114 Å². The van der Waals surface area contributed by atoms with Gasteiger partial charge in [0.25, 0.3) is 0 Å². The number of halogens is 2. The standard InChI is InChI=1S/C14H14F2O2S/c1-8-7-12(9(2)19-8)13(17)10-3-5-11(6-4-10)18-14(15)16/h3-7,13-14,17H,1-2H3. The fourth-order valence-electron chi connectivity index (χ4n) is 1.93. The second-order valence-corrected chi connectivity index (χ2v) is 5.68. The Morgan fingerprint density at radius 1 is 1.16 bits per heavy atom. The predicted molar refractivity (Wildman–Crippen MR) is 70.9 cm³/mol. The lowest BCUT2D eigenvalue weighted by atomic mass is 10.0. The molecule has 0 aliphatic heterocycles. The Hall–Kier alpha value is -1.46. The van der Waals surface area contributed by atoms with E-state index in [-0.39, 0.29) is 5.75 Å². The van der Waals surface area contributed by atoms with E-state index in [1.807, 2.05) is 19.9 Å². The van der Waals surface area contributed by atoms with Crippen LogP contribution < -0.4 is 4.74 Å². The van der Waals surface area contributed by atoms with Crippen LogP contribution in [-0.2, 0) is 0 Å². The summed E-state index contributed by atoms with van der Waals surface area (Å²) >= 11 is 1.62. The summed E-state index contributed by atoms with van der Waals surface area (Å²) < 4.78 is 28.3. The van der Waals surface area contributed by atoms with Crippen LogP contribution in [0.1, 0.15) is 27.0 Å². The van der Waals surface area contributed by atoms with E-state index in [2.05, 4.69) is 4.74 Å². The van der Waals surface area contributed by atoms with E-state index in [0.29, 0.717) is 5.56 Å². The highest BCUT2D eigenvalue weighted by molar-refractivity contribution is 7.12. The molecule has 5 heteroatoms. The van der Waals surface area contributed by atoms with Crippen LogP contribution in [0.3, 0.4) is 0 Å². The molecule has 1 aromatic carbocycles. The number of alkyl halides is 2. The van der Waals surface area contributed by atoms with Crippen LogP contribution in [0.25, 0.3) is 0 Å². The lowest BCUT2D eigenvalue weighted by Gasteiger charge is -2.12. The molecule has 1 unspecified atom stereocenters. The number of ether oxygens (including phenoxy) is 1. The van der Waals surface area contributed by atoms with E-state index in [9.17, 15) is 13.9 Å². The van der Waals surface area contributed by atoms with Crippen molar-refractivity contribution in [2.45, 2.75) is 26.6 Å². The van der Waals surface area contributed by atoms with Gasteiger partial charge in [0.1, 0.15) is 11.9 Å². The first-order chi connectivity index (χ1) is 8.97. The number of benzene rings is 1. The van der Waals surface area contributed by atoms with E-state index in [0.717, 1.165) is 15.3 Å². The minimum atomic E-state index is -2.84. The molecule has 19 heavy (non-hydrogen) atoms. The van der Waals surface area contributed by atoms with Gasteiger partial charge in [0, 0.05) is 9.75 Å². The molecular formula is C14H14F2O2S. The van der Waals surface area contributed by atoms with Crippen LogP contribution in [0.5, 0.6) is 5.75 Å². The summed E-state index contributed by atoms with van der Waals surface area (Å²) in [5, 5.41) is 10.3. The average Bonchev–Trinajstić information content (AvgIpc) is 2.68. The molecule has 2 rings (SSSR count). The SMILES string of the molecule is Cc1cc(C(O)c2ccc(OC(F)F)cc2)c(C)s1. The Morgan fingerprint density at radius 3 is 2.26 bits per heavy atom. The largest absolute Gasteiger partial charge is 0.435 e. The Morgan fingerprint density at radius 2 is 1.79 bits per heavy atom. The highest BCUT2D eigenvalue weighted by atomic mass is 32.1. The lowest BCUT2D eigenvalue weighted by molar-refractivity contribution is -0.0498. The first-order valence-corrected chi connectivity index (χ1v) is 6.59. The highest BCUT2D eigenvalue weighted by Gasteiger charge is 2.15. The maximum absolute atomic E-state index is 12.0. The van der Waals surface area contributed by atoms with Gasteiger partial charge in [-0.15, -0.1) is 11.3 Å². The molecular weight excluding hydrogens is 270 g/mol. The Bertz CT molecular complexity index is 549. The van der Waals surface area contributed by atoms with Crippen molar-refractivity contribution in [1.29, 1.82) is 0 Å². The summed E-state index contributed by atoms with van der Waals surface area (Å²) in [5.41, 5.74) is 1.51. The minimum Gasteiger partial charge on any atom is -0.435 e. The van der Waals surface area contributed by atoms with E-state index < -0.39 is 12.7 Å². The fourth-order valence-corrected chi connectivity index (χ4v) is 2.89. The van der Waals surface area contributed by atoms with Gasteiger partial charge in [-0.3, -0.25) is 0 Å². The summed E-state index contributed by atoms with van der Waals surface area (Å²) in [6, 6.07) is 7.98. The molecule has 2 nitrogen and oxygen atoms in total. The van der Waals surface area contributed by atoms with Gasteiger partial charge >= 0.3 is 6.61 Å². The molecule has 1 aromatic heterocycles. The maximum Gasteiger partial charge on any atom is 0.387 e. The highest BCUT2D eigenvalue weighted by Crippen LogP contribution is 2.31. The molecule has 0 fully saturated rings. The monoisotopic (exact) mass is 284 g/mol. The minimum absolute atomic E-state index is 0.0872. The van der Waals surface area contributed by atoms with Crippen LogP contribution in [0.2, 0.25) is 0 Å². The smallest absolute Gasteiger partial charge is 0.387 e. The Kier molecular flexibility index (Phi) is 4.17. The third-order valence-corrected chi connectivity index (χ3v) is 3.78. The fraction of sp³-hybridized carbons (Fsp3) is 0.286. The molecule has 1 heterocycles. The molecule has 0 radical (unpaired) electrons. The van der Waals surface area contributed by atoms with Crippen molar-refractivity contribution in [3.8, 4) is 5.75 Å². The zero-order valence-corrected chi connectivity index (χ0v) is 11.4. The van der Waals surface area contributed by atoms with E-state index in [1.54, 1.807) is 23.5 Å². The number of hydrogen-bond acceptors (Lipinski definition) is 3. The van der Waals surface area contributed by atoms with Crippen molar-refractivity contribution in [2.75, 3.05) is 0 Å². The zero-order chi connectivity index (χ0) is 14.0. The topological polar surface area (TPSA) is 29.5 Å². The van der Waals surface area contributed by atoms with Gasteiger partial charge in [0.15, 0.2) is 0 Å². The zero-order valence-electron chi connectivity index (χ0n) is 10.6. The molecule has 1 N–H and O–H groups in total. The Balaban J connectivity index is 2.20. The number of thiophene rings is 1. The first-order valence-electron chi connectivity index (χ1n) is 5.77. The number of hydrogen-bond donors (Lipinski definition) is 1. The molecule has 0 amide bonds. The predicted octanol–water partition coefficient (Wildman–Crippen LogP) is 4.05. The lowest BCUT2D eigenvalue weighted by Crippen LogP contribution is -2.03. The van der Waals surface area contributed by atoms with Crippen molar-refractivity contribution >= 4 is 11.3 Å². The van der Waals surface area contributed by atoms with Crippen LogP contribution >= 0.6 is 11.3 Å². The first kappa shape index (κ1) is 14.0. The molecule has 0 aliphatic rings. The van der Waals surface area contributed by atoms with Crippen LogP contribution in [0.4, 0.5) is 8.78 Å². The summed E-state index contributed by atoms with van der Waals surface area (Å²) in [5.74, 6) is 0.0872.